The van der Waals surface area contributed by atoms with Crippen LogP contribution >= 0.6 is 0 Å². The number of allylic oxidation sites excluding steroid dienone is 1. The van der Waals surface area contributed by atoms with Crippen molar-refractivity contribution < 1.29 is 4.84 Å². The number of nitrogens with zero attached hydrogens (tertiary/aromatic N) is 2. The zero-order chi connectivity index (χ0) is 19.9. The molecule has 0 bridgehead atoms. The van der Waals surface area contributed by atoms with Gasteiger partial charge in [-0.3, -0.25) is 0 Å². The Morgan fingerprint density at radius 2 is 1.93 bits per heavy atom. The Morgan fingerprint density at radius 3 is 2.71 bits per heavy atom. The van der Waals surface area contributed by atoms with Crippen molar-refractivity contribution in [3.63, 3.8) is 0 Å². The minimum atomic E-state index is 0.456. The number of oxime groups is 1. The third-order valence-corrected chi connectivity index (χ3v) is 9.64. The van der Waals surface area contributed by atoms with Gasteiger partial charge >= 0.3 is 0 Å². The third kappa shape index (κ3) is 3.46. The molecule has 4 saturated carbocycles. The molecule has 4 unspecified atom stereocenters. The molecular weight excluding hydrogens is 344 g/mol. The summed E-state index contributed by atoms with van der Waals surface area (Å²) in [7, 11) is 4.14. The predicted octanol–water partition coefficient (Wildman–Crippen LogP) is 5.77. The highest BCUT2D eigenvalue weighted by Gasteiger charge is 2.58. The Kier molecular flexibility index (Phi) is 5.68. The molecule has 28 heavy (non-hydrogen) atoms. The highest BCUT2D eigenvalue weighted by atomic mass is 16.6. The smallest absolute Gasteiger partial charge is 0.129 e. The van der Waals surface area contributed by atoms with Crippen molar-refractivity contribution in [1.29, 1.82) is 0 Å². The SMILES string of the molecule is C=C1CCC2C3CCC4C[C@@H](C=NOCCN(C)C)CC[C@]4(C)C3CC[C@]12C. The Bertz CT molecular complexity index is 614. The van der Waals surface area contributed by atoms with E-state index in [9.17, 15) is 0 Å². The van der Waals surface area contributed by atoms with Gasteiger partial charge in [0.15, 0.2) is 0 Å². The van der Waals surface area contributed by atoms with Gasteiger partial charge in [-0.1, -0.05) is 31.2 Å². The molecule has 0 aromatic carbocycles. The summed E-state index contributed by atoms with van der Waals surface area (Å²) in [6.07, 6.45) is 14.6. The van der Waals surface area contributed by atoms with E-state index in [1.165, 1.54) is 57.8 Å². The van der Waals surface area contributed by atoms with Crippen LogP contribution in [0.15, 0.2) is 17.3 Å². The van der Waals surface area contributed by atoms with Crippen molar-refractivity contribution in [3.05, 3.63) is 12.2 Å². The second-order valence-electron chi connectivity index (χ2n) is 11.2. The molecule has 0 saturated heterocycles. The summed E-state index contributed by atoms with van der Waals surface area (Å²) in [6, 6.07) is 0. The quantitative estimate of drug-likeness (QED) is 0.259. The molecule has 0 heterocycles. The molecule has 0 N–H and O–H groups in total. The van der Waals surface area contributed by atoms with Crippen LogP contribution in [0, 0.1) is 40.4 Å². The molecule has 4 aliphatic carbocycles. The second kappa shape index (κ2) is 7.78. The van der Waals surface area contributed by atoms with E-state index >= 15 is 0 Å². The van der Waals surface area contributed by atoms with Crippen molar-refractivity contribution in [2.75, 3.05) is 27.2 Å². The molecule has 4 fully saturated rings. The molecule has 3 nitrogen and oxygen atoms in total. The van der Waals surface area contributed by atoms with Crippen molar-refractivity contribution >= 4 is 6.21 Å². The summed E-state index contributed by atoms with van der Waals surface area (Å²) in [5.41, 5.74) is 2.58. The number of likely N-dealkylation sites (N-methyl/N-ethyl adjacent to an activating group) is 1. The highest BCUT2D eigenvalue weighted by molar-refractivity contribution is 5.60. The number of rotatable bonds is 5. The number of hydrogen-bond donors (Lipinski definition) is 0. The number of hydrogen-bond acceptors (Lipinski definition) is 3. The van der Waals surface area contributed by atoms with Crippen LogP contribution in [0.2, 0.25) is 0 Å². The van der Waals surface area contributed by atoms with Gasteiger partial charge in [0.05, 0.1) is 0 Å². The van der Waals surface area contributed by atoms with Crippen LogP contribution in [0.3, 0.4) is 0 Å². The van der Waals surface area contributed by atoms with E-state index in [2.05, 4.69) is 50.8 Å². The van der Waals surface area contributed by atoms with Crippen LogP contribution in [0.1, 0.15) is 71.6 Å². The molecule has 0 aromatic rings. The van der Waals surface area contributed by atoms with E-state index in [0.29, 0.717) is 23.4 Å². The van der Waals surface area contributed by atoms with Crippen LogP contribution in [0.25, 0.3) is 0 Å². The Balaban J connectivity index is 1.38. The van der Waals surface area contributed by atoms with E-state index in [1.807, 2.05) is 0 Å². The Hall–Kier alpha value is -0.830. The minimum Gasteiger partial charge on any atom is -0.395 e. The van der Waals surface area contributed by atoms with Gasteiger partial charge in [0.2, 0.25) is 0 Å². The molecular formula is C25H42N2O. The number of fused-ring (bicyclic) bond motifs is 5. The average Bonchev–Trinajstić information content (AvgIpc) is 2.96. The first-order valence-electron chi connectivity index (χ1n) is 11.8. The summed E-state index contributed by atoms with van der Waals surface area (Å²) in [5.74, 6) is 4.33. The summed E-state index contributed by atoms with van der Waals surface area (Å²) in [5, 5.41) is 4.31. The third-order valence-electron chi connectivity index (χ3n) is 9.64. The molecule has 158 valence electrons. The van der Waals surface area contributed by atoms with E-state index in [0.717, 1.165) is 30.2 Å². The fourth-order valence-electron chi connectivity index (χ4n) is 7.74. The lowest BCUT2D eigenvalue weighted by molar-refractivity contribution is -0.101. The zero-order valence-corrected chi connectivity index (χ0v) is 18.8. The molecule has 0 spiro atoms. The summed E-state index contributed by atoms with van der Waals surface area (Å²) >= 11 is 0. The molecule has 7 atom stereocenters. The van der Waals surface area contributed by atoms with Crippen molar-refractivity contribution in [2.45, 2.75) is 71.6 Å². The molecule has 0 aliphatic heterocycles. The van der Waals surface area contributed by atoms with Gasteiger partial charge in [-0.15, -0.1) is 0 Å². The lowest BCUT2D eigenvalue weighted by Crippen LogP contribution is -2.52. The monoisotopic (exact) mass is 386 g/mol. The first kappa shape index (κ1) is 20.4. The maximum Gasteiger partial charge on any atom is 0.129 e. The van der Waals surface area contributed by atoms with Gasteiger partial charge in [-0.25, -0.2) is 0 Å². The van der Waals surface area contributed by atoms with Crippen molar-refractivity contribution in [2.24, 2.45) is 45.6 Å². The van der Waals surface area contributed by atoms with Crippen molar-refractivity contribution in [3.8, 4) is 0 Å². The molecule has 0 radical (unpaired) electrons. The fraction of sp³-hybridized carbons (Fsp3) is 0.880. The molecule has 0 aromatic heterocycles. The van der Waals surface area contributed by atoms with Crippen LogP contribution in [0.5, 0.6) is 0 Å². The molecule has 4 rings (SSSR count). The van der Waals surface area contributed by atoms with E-state index in [1.54, 1.807) is 5.57 Å². The van der Waals surface area contributed by atoms with Crippen LogP contribution in [-0.2, 0) is 4.84 Å². The maximum absolute atomic E-state index is 5.48. The zero-order valence-electron chi connectivity index (χ0n) is 18.8. The van der Waals surface area contributed by atoms with Gasteiger partial charge in [0, 0.05) is 12.8 Å². The average molecular weight is 387 g/mol. The second-order valence-corrected chi connectivity index (χ2v) is 11.2. The van der Waals surface area contributed by atoms with Crippen LogP contribution < -0.4 is 0 Å². The van der Waals surface area contributed by atoms with Crippen molar-refractivity contribution in [1.82, 2.24) is 4.90 Å². The van der Waals surface area contributed by atoms with Gasteiger partial charge in [-0.2, -0.15) is 0 Å². The Morgan fingerprint density at radius 1 is 1.11 bits per heavy atom. The maximum atomic E-state index is 5.48. The summed E-state index contributed by atoms with van der Waals surface area (Å²) in [4.78, 5) is 7.62. The van der Waals surface area contributed by atoms with Crippen LogP contribution in [0.4, 0.5) is 0 Å². The van der Waals surface area contributed by atoms with E-state index in [4.69, 9.17) is 4.84 Å². The summed E-state index contributed by atoms with van der Waals surface area (Å²) < 4.78 is 0. The largest absolute Gasteiger partial charge is 0.395 e. The topological polar surface area (TPSA) is 24.8 Å². The van der Waals surface area contributed by atoms with Gasteiger partial charge in [-0.05, 0) is 112 Å². The molecule has 0 amide bonds. The van der Waals surface area contributed by atoms with Gasteiger partial charge in [0.25, 0.3) is 0 Å². The van der Waals surface area contributed by atoms with Gasteiger partial charge in [0.1, 0.15) is 6.61 Å². The standard InChI is InChI=1S/C25H42N2O/c1-18-6-9-22-21-8-7-20-16-19(17-26-28-15-14-27(4)5)10-12-25(20,3)23(21)11-13-24(18,22)2/h17,19-23H,1,6-16H2,2-5H3/t19-,20?,21?,22?,23?,24+,25-/m0/s1. The molecule has 4 aliphatic rings. The Labute approximate surface area is 173 Å². The fourth-order valence-corrected chi connectivity index (χ4v) is 7.74. The van der Waals surface area contributed by atoms with E-state index in [-0.39, 0.29) is 0 Å². The first-order chi connectivity index (χ1) is 13.3. The van der Waals surface area contributed by atoms with Crippen LogP contribution in [-0.4, -0.2) is 38.4 Å². The first-order valence-corrected chi connectivity index (χ1v) is 11.8. The lowest BCUT2D eigenvalue weighted by atomic mass is 9.44. The lowest BCUT2D eigenvalue weighted by Gasteiger charge is -2.60. The van der Waals surface area contributed by atoms with Gasteiger partial charge < -0.3 is 9.74 Å². The summed E-state index contributed by atoms with van der Waals surface area (Å²) in [6.45, 7) is 11.3. The highest BCUT2D eigenvalue weighted by Crippen LogP contribution is 2.67. The normalized spacial score (nSPS) is 45.8. The van der Waals surface area contributed by atoms with E-state index < -0.39 is 0 Å². The molecule has 3 heteroatoms. The minimum absolute atomic E-state index is 0.456. The predicted molar refractivity (Wildman–Crippen MR) is 117 cm³/mol.